The fraction of sp³-hybridized carbons (Fsp3) is 0.500. The normalized spacial score (nSPS) is 16.7. The van der Waals surface area contributed by atoms with Gasteiger partial charge in [-0.25, -0.2) is 0 Å². The fourth-order valence-electron chi connectivity index (χ4n) is 2.40. The molecule has 1 aromatic rings. The number of nitro groups is 1. The molecule has 0 bridgehead atoms. The number of likely N-dealkylation sites (tertiary alicyclic amines) is 1. The quantitative estimate of drug-likeness (QED) is 0.684. The van der Waals surface area contributed by atoms with E-state index in [0.717, 1.165) is 25.9 Å². The van der Waals surface area contributed by atoms with E-state index in [2.05, 4.69) is 17.3 Å². The van der Waals surface area contributed by atoms with Crippen molar-refractivity contribution in [3.05, 3.63) is 38.9 Å². The van der Waals surface area contributed by atoms with Crippen molar-refractivity contribution in [3.8, 4) is 0 Å². The van der Waals surface area contributed by atoms with E-state index in [9.17, 15) is 14.9 Å². The SMILES string of the molecule is CN1CCC(CNC(=O)c2ccc(Cl)c([N+](=O)[O-])c2)CC1. The molecular weight excluding hydrogens is 294 g/mol. The van der Waals surface area contributed by atoms with Crippen LogP contribution in [-0.2, 0) is 0 Å². The number of nitrogens with zero attached hydrogens (tertiary/aromatic N) is 2. The van der Waals surface area contributed by atoms with Crippen molar-refractivity contribution in [3.63, 3.8) is 0 Å². The van der Waals surface area contributed by atoms with Crippen LogP contribution in [0.1, 0.15) is 23.2 Å². The number of rotatable bonds is 4. The lowest BCUT2D eigenvalue weighted by Crippen LogP contribution is -2.36. The van der Waals surface area contributed by atoms with Crippen molar-refractivity contribution in [1.82, 2.24) is 10.2 Å². The summed E-state index contributed by atoms with van der Waals surface area (Å²) in [6, 6.07) is 4.09. The first kappa shape index (κ1) is 15.7. The van der Waals surface area contributed by atoms with E-state index >= 15 is 0 Å². The number of nitro benzene ring substituents is 1. The molecule has 1 aromatic carbocycles. The molecule has 1 aliphatic rings. The second-order valence-electron chi connectivity index (χ2n) is 5.38. The van der Waals surface area contributed by atoms with Crippen molar-refractivity contribution < 1.29 is 9.72 Å². The zero-order valence-electron chi connectivity index (χ0n) is 11.8. The van der Waals surface area contributed by atoms with E-state index in [0.29, 0.717) is 12.5 Å². The highest BCUT2D eigenvalue weighted by atomic mass is 35.5. The van der Waals surface area contributed by atoms with Gasteiger partial charge in [0.05, 0.1) is 4.92 Å². The summed E-state index contributed by atoms with van der Waals surface area (Å²) < 4.78 is 0. The number of hydrogen-bond donors (Lipinski definition) is 1. The van der Waals surface area contributed by atoms with Gasteiger partial charge in [0, 0.05) is 18.2 Å². The van der Waals surface area contributed by atoms with Gasteiger partial charge in [-0.05, 0) is 51.0 Å². The molecule has 0 atom stereocenters. The number of carbonyl (C=O) groups excluding carboxylic acids is 1. The van der Waals surface area contributed by atoms with Gasteiger partial charge in [-0.15, -0.1) is 0 Å². The van der Waals surface area contributed by atoms with E-state index in [1.807, 2.05) is 0 Å². The number of carbonyl (C=O) groups is 1. The Balaban J connectivity index is 1.94. The number of halogens is 1. The Labute approximate surface area is 128 Å². The zero-order valence-corrected chi connectivity index (χ0v) is 12.6. The molecule has 1 heterocycles. The summed E-state index contributed by atoms with van der Waals surface area (Å²) >= 11 is 5.73. The Morgan fingerprint density at radius 2 is 2.14 bits per heavy atom. The smallest absolute Gasteiger partial charge is 0.288 e. The molecule has 7 heteroatoms. The van der Waals surface area contributed by atoms with E-state index in [1.54, 1.807) is 0 Å². The van der Waals surface area contributed by atoms with Crippen molar-refractivity contribution in [1.29, 1.82) is 0 Å². The summed E-state index contributed by atoms with van der Waals surface area (Å²) in [5.41, 5.74) is 0.0163. The highest BCUT2D eigenvalue weighted by Crippen LogP contribution is 2.25. The third-order valence-corrected chi connectivity index (χ3v) is 4.11. The van der Waals surface area contributed by atoms with Gasteiger partial charge < -0.3 is 10.2 Å². The predicted octanol–water partition coefficient (Wildman–Crippen LogP) is 2.32. The molecule has 0 aliphatic carbocycles. The number of benzene rings is 1. The topological polar surface area (TPSA) is 75.5 Å². The van der Waals surface area contributed by atoms with Crippen LogP contribution in [-0.4, -0.2) is 42.4 Å². The molecule has 1 saturated heterocycles. The van der Waals surface area contributed by atoms with Crippen molar-refractivity contribution in [2.24, 2.45) is 5.92 Å². The average Bonchev–Trinajstić information content (AvgIpc) is 2.46. The second kappa shape index (κ2) is 6.87. The molecule has 0 unspecified atom stereocenters. The Hall–Kier alpha value is -1.66. The van der Waals surface area contributed by atoms with Gasteiger partial charge in [0.1, 0.15) is 5.02 Å². The van der Waals surface area contributed by atoms with Crippen LogP contribution in [0, 0.1) is 16.0 Å². The number of nitrogens with one attached hydrogen (secondary N) is 1. The van der Waals surface area contributed by atoms with Crippen LogP contribution in [0.4, 0.5) is 5.69 Å². The van der Waals surface area contributed by atoms with Crippen LogP contribution < -0.4 is 5.32 Å². The molecule has 1 aliphatic heterocycles. The van der Waals surface area contributed by atoms with Crippen molar-refractivity contribution >= 4 is 23.2 Å². The molecular formula is C14H18ClN3O3. The molecule has 0 saturated carbocycles. The van der Waals surface area contributed by atoms with Gasteiger partial charge in [-0.1, -0.05) is 11.6 Å². The molecule has 21 heavy (non-hydrogen) atoms. The maximum atomic E-state index is 12.1. The molecule has 1 N–H and O–H groups in total. The minimum atomic E-state index is -0.587. The lowest BCUT2D eigenvalue weighted by atomic mass is 9.97. The summed E-state index contributed by atoms with van der Waals surface area (Å²) in [5, 5.41) is 13.7. The maximum Gasteiger partial charge on any atom is 0.288 e. The first-order chi connectivity index (χ1) is 9.97. The minimum absolute atomic E-state index is 0.0341. The largest absolute Gasteiger partial charge is 0.352 e. The Bertz CT molecular complexity index is 542. The maximum absolute atomic E-state index is 12.1. The Kier molecular flexibility index (Phi) is 5.14. The van der Waals surface area contributed by atoms with Crippen LogP contribution >= 0.6 is 11.6 Å². The number of amides is 1. The van der Waals surface area contributed by atoms with Crippen molar-refractivity contribution in [2.75, 3.05) is 26.7 Å². The molecule has 114 valence electrons. The first-order valence-corrected chi connectivity index (χ1v) is 7.26. The molecule has 2 rings (SSSR count). The number of hydrogen-bond acceptors (Lipinski definition) is 4. The van der Waals surface area contributed by atoms with Gasteiger partial charge in [-0.2, -0.15) is 0 Å². The highest BCUT2D eigenvalue weighted by molar-refractivity contribution is 6.32. The van der Waals surface area contributed by atoms with Crippen LogP contribution in [0.25, 0.3) is 0 Å². The molecule has 1 amide bonds. The lowest BCUT2D eigenvalue weighted by Gasteiger charge is -2.28. The molecule has 0 aromatic heterocycles. The van der Waals surface area contributed by atoms with Crippen LogP contribution in [0.15, 0.2) is 18.2 Å². The van der Waals surface area contributed by atoms with Gasteiger partial charge in [-0.3, -0.25) is 14.9 Å². The summed E-state index contributed by atoms with van der Waals surface area (Å²) in [6.07, 6.45) is 2.11. The van der Waals surface area contributed by atoms with Crippen LogP contribution in [0.5, 0.6) is 0 Å². The predicted molar refractivity (Wildman–Crippen MR) is 80.7 cm³/mol. The zero-order chi connectivity index (χ0) is 15.4. The molecule has 0 spiro atoms. The van der Waals surface area contributed by atoms with Crippen LogP contribution in [0.3, 0.4) is 0 Å². The molecule has 1 fully saturated rings. The van der Waals surface area contributed by atoms with E-state index in [4.69, 9.17) is 11.6 Å². The van der Waals surface area contributed by atoms with Gasteiger partial charge >= 0.3 is 0 Å². The summed E-state index contributed by atoms with van der Waals surface area (Å²) in [4.78, 5) is 24.5. The van der Waals surface area contributed by atoms with Crippen LogP contribution in [0.2, 0.25) is 5.02 Å². The Morgan fingerprint density at radius 1 is 1.48 bits per heavy atom. The second-order valence-corrected chi connectivity index (χ2v) is 5.79. The summed E-state index contributed by atoms with van der Waals surface area (Å²) in [5.74, 6) is 0.168. The van der Waals surface area contributed by atoms with E-state index < -0.39 is 4.92 Å². The summed E-state index contributed by atoms with van der Waals surface area (Å²) in [6.45, 7) is 2.67. The van der Waals surface area contributed by atoms with E-state index in [1.165, 1.54) is 18.2 Å². The molecule has 6 nitrogen and oxygen atoms in total. The first-order valence-electron chi connectivity index (χ1n) is 6.88. The minimum Gasteiger partial charge on any atom is -0.352 e. The average molecular weight is 312 g/mol. The molecule has 0 radical (unpaired) electrons. The highest BCUT2D eigenvalue weighted by Gasteiger charge is 2.19. The summed E-state index contributed by atoms with van der Waals surface area (Å²) in [7, 11) is 2.08. The monoisotopic (exact) mass is 311 g/mol. The van der Waals surface area contributed by atoms with E-state index in [-0.39, 0.29) is 22.2 Å². The fourth-order valence-corrected chi connectivity index (χ4v) is 2.59. The van der Waals surface area contributed by atoms with Gasteiger partial charge in [0.25, 0.3) is 11.6 Å². The van der Waals surface area contributed by atoms with Gasteiger partial charge in [0.2, 0.25) is 0 Å². The third kappa shape index (κ3) is 4.15. The lowest BCUT2D eigenvalue weighted by molar-refractivity contribution is -0.384. The van der Waals surface area contributed by atoms with Gasteiger partial charge in [0.15, 0.2) is 0 Å². The standard InChI is InChI=1S/C14H18ClN3O3/c1-17-6-4-10(5-7-17)9-16-14(19)11-2-3-12(15)13(8-11)18(20)21/h2-3,8,10H,4-7,9H2,1H3,(H,16,19). The number of piperidine rings is 1. The third-order valence-electron chi connectivity index (χ3n) is 3.79. The Morgan fingerprint density at radius 3 is 2.76 bits per heavy atom. The van der Waals surface area contributed by atoms with Crippen molar-refractivity contribution in [2.45, 2.75) is 12.8 Å².